The smallest absolute Gasteiger partial charge is 0.308 e. The zero-order chi connectivity index (χ0) is 23.4. The van der Waals surface area contributed by atoms with Gasteiger partial charge in [0, 0.05) is 27.9 Å². The second-order valence-electron chi connectivity index (χ2n) is 6.54. The number of aliphatic carboxylic acids is 1. The van der Waals surface area contributed by atoms with Gasteiger partial charge in [0.1, 0.15) is 22.9 Å². The Kier molecular flexibility index (Phi) is 7.01. The Morgan fingerprint density at radius 1 is 1.18 bits per heavy atom. The summed E-state index contributed by atoms with van der Waals surface area (Å²) in [5, 5.41) is 20.9. The van der Waals surface area contributed by atoms with Crippen LogP contribution in [0.15, 0.2) is 68.9 Å². The summed E-state index contributed by atoms with van der Waals surface area (Å²) in [7, 11) is 1.80. The molecule has 168 valence electrons. The molecule has 0 aliphatic rings. The Labute approximate surface area is 199 Å². The van der Waals surface area contributed by atoms with Gasteiger partial charge in [-0.3, -0.25) is 14.9 Å². The highest BCUT2D eigenvalue weighted by Crippen LogP contribution is 2.33. The van der Waals surface area contributed by atoms with Crippen LogP contribution in [0.25, 0.3) is 0 Å². The molecule has 4 aromatic rings. The lowest BCUT2D eigenvalue weighted by Gasteiger charge is -2.10. The van der Waals surface area contributed by atoms with Crippen LogP contribution in [-0.2, 0) is 18.3 Å². The molecule has 0 unspecified atom stereocenters. The van der Waals surface area contributed by atoms with Crippen molar-refractivity contribution in [2.24, 2.45) is 7.05 Å². The van der Waals surface area contributed by atoms with Gasteiger partial charge in [0.2, 0.25) is 0 Å². The third-order valence-electron chi connectivity index (χ3n) is 4.05. The van der Waals surface area contributed by atoms with Crippen molar-refractivity contribution in [2.45, 2.75) is 26.4 Å². The highest BCUT2D eigenvalue weighted by molar-refractivity contribution is 7.99. The first-order chi connectivity index (χ1) is 15.9. The number of carboxylic acid groups (broad SMARTS) is 1. The molecule has 3 aromatic heterocycles. The van der Waals surface area contributed by atoms with Gasteiger partial charge in [0.25, 0.3) is 5.91 Å². The summed E-state index contributed by atoms with van der Waals surface area (Å²) >= 11 is 3.59. The fourth-order valence-corrected chi connectivity index (χ4v) is 5.01. The summed E-state index contributed by atoms with van der Waals surface area (Å²) in [5.41, 5.74) is 0.145. The molecule has 1 aromatic carbocycles. The van der Waals surface area contributed by atoms with E-state index in [4.69, 9.17) is 5.11 Å². The zero-order valence-electron chi connectivity index (χ0n) is 16.9. The van der Waals surface area contributed by atoms with Crippen molar-refractivity contribution >= 4 is 51.9 Å². The number of anilines is 1. The molecule has 2 N–H and O–H groups in total. The number of halogens is 1. The highest BCUT2D eigenvalue weighted by Gasteiger charge is 2.19. The standard InChI is InChI=1S/C20H15FN6O3S3/c1-27-10-23-26-20(27)33-15-7-6-14(31-12-4-2-11(21)3-5-12)17(24-15)18(30)25-19-22-9-13(32-19)8-16(28)29/h2-7,9-10H,8H2,1H3,(H,28,29)(H,22,25,30). The summed E-state index contributed by atoms with van der Waals surface area (Å²) in [6, 6.07) is 9.43. The van der Waals surface area contributed by atoms with E-state index in [1.807, 2.05) is 0 Å². The van der Waals surface area contributed by atoms with E-state index in [0.29, 0.717) is 20.0 Å². The molecular formula is C20H15FN6O3S3. The molecule has 4 rings (SSSR count). The molecule has 0 spiro atoms. The van der Waals surface area contributed by atoms with Crippen LogP contribution < -0.4 is 5.32 Å². The molecule has 3 heterocycles. The van der Waals surface area contributed by atoms with Crippen molar-refractivity contribution in [2.75, 3.05) is 5.32 Å². The lowest BCUT2D eigenvalue weighted by Crippen LogP contribution is -2.15. The fraction of sp³-hybridized carbons (Fsp3) is 0.100. The van der Waals surface area contributed by atoms with E-state index in [9.17, 15) is 14.0 Å². The molecule has 0 radical (unpaired) electrons. The maximum absolute atomic E-state index is 13.3. The van der Waals surface area contributed by atoms with Gasteiger partial charge in [-0.15, -0.1) is 21.5 Å². The fourth-order valence-electron chi connectivity index (χ4n) is 2.57. The maximum Gasteiger partial charge on any atom is 0.308 e. The number of amides is 1. The van der Waals surface area contributed by atoms with E-state index in [2.05, 4.69) is 25.5 Å². The van der Waals surface area contributed by atoms with Gasteiger partial charge in [-0.25, -0.2) is 14.4 Å². The number of aromatic nitrogens is 5. The molecule has 0 atom stereocenters. The van der Waals surface area contributed by atoms with Gasteiger partial charge in [-0.1, -0.05) is 11.8 Å². The van der Waals surface area contributed by atoms with Crippen LogP contribution in [0, 0.1) is 5.82 Å². The third kappa shape index (κ3) is 5.94. The summed E-state index contributed by atoms with van der Waals surface area (Å²) in [6.45, 7) is 0. The predicted molar refractivity (Wildman–Crippen MR) is 121 cm³/mol. The quantitative estimate of drug-likeness (QED) is 0.368. The van der Waals surface area contributed by atoms with E-state index in [0.717, 1.165) is 16.2 Å². The Balaban J connectivity index is 1.62. The van der Waals surface area contributed by atoms with Crippen LogP contribution in [0.4, 0.5) is 9.52 Å². The number of pyridine rings is 1. The number of hydrogen-bond donors (Lipinski definition) is 2. The van der Waals surface area contributed by atoms with Crippen molar-refractivity contribution in [3.05, 3.63) is 65.3 Å². The molecule has 0 fully saturated rings. The van der Waals surface area contributed by atoms with Crippen molar-refractivity contribution in [1.82, 2.24) is 24.7 Å². The largest absolute Gasteiger partial charge is 0.481 e. The summed E-state index contributed by atoms with van der Waals surface area (Å²) < 4.78 is 15.0. The summed E-state index contributed by atoms with van der Waals surface area (Å²) in [4.78, 5) is 34.4. The molecule has 1 amide bonds. The number of rotatable bonds is 8. The van der Waals surface area contributed by atoms with E-state index >= 15 is 0 Å². The zero-order valence-corrected chi connectivity index (χ0v) is 19.4. The molecule has 9 nitrogen and oxygen atoms in total. The number of nitrogens with zero attached hydrogens (tertiary/aromatic N) is 5. The molecule has 0 aliphatic carbocycles. The number of thiazole rings is 1. The lowest BCUT2D eigenvalue weighted by atomic mass is 10.3. The van der Waals surface area contributed by atoms with Gasteiger partial charge in [0.15, 0.2) is 10.3 Å². The first kappa shape index (κ1) is 22.9. The molecule has 0 bridgehead atoms. The van der Waals surface area contributed by atoms with Crippen molar-refractivity contribution in [3.63, 3.8) is 0 Å². The molecule has 0 aliphatic heterocycles. The van der Waals surface area contributed by atoms with Gasteiger partial charge in [-0.2, -0.15) is 0 Å². The molecule has 0 saturated carbocycles. The van der Waals surface area contributed by atoms with E-state index in [-0.39, 0.29) is 23.1 Å². The number of hydrogen-bond acceptors (Lipinski definition) is 9. The molecule has 13 heteroatoms. The van der Waals surface area contributed by atoms with E-state index < -0.39 is 11.9 Å². The normalized spacial score (nSPS) is 10.8. The number of carboxylic acids is 1. The van der Waals surface area contributed by atoms with Crippen molar-refractivity contribution in [1.29, 1.82) is 0 Å². The van der Waals surface area contributed by atoms with Gasteiger partial charge >= 0.3 is 5.97 Å². The Hall–Kier alpha value is -3.29. The maximum atomic E-state index is 13.3. The predicted octanol–water partition coefficient (Wildman–Crippen LogP) is 3.99. The second kappa shape index (κ2) is 10.1. The van der Waals surface area contributed by atoms with Crippen LogP contribution in [0.1, 0.15) is 15.4 Å². The second-order valence-corrected chi connectivity index (χ2v) is 9.75. The van der Waals surface area contributed by atoms with Crippen LogP contribution in [-0.4, -0.2) is 41.7 Å². The first-order valence-corrected chi connectivity index (χ1v) is 11.8. The van der Waals surface area contributed by atoms with Crippen LogP contribution >= 0.6 is 34.9 Å². The number of nitrogens with one attached hydrogen (secondary N) is 1. The van der Waals surface area contributed by atoms with Crippen LogP contribution in [0.3, 0.4) is 0 Å². The van der Waals surface area contributed by atoms with Crippen LogP contribution in [0.2, 0.25) is 0 Å². The molecule has 0 saturated heterocycles. The van der Waals surface area contributed by atoms with E-state index in [1.54, 1.807) is 42.2 Å². The average molecular weight is 503 g/mol. The number of benzene rings is 1. The number of carbonyl (C=O) groups is 2. The third-order valence-corrected chi connectivity index (χ3v) is 7.01. The molecular weight excluding hydrogens is 487 g/mol. The minimum atomic E-state index is -0.982. The topological polar surface area (TPSA) is 123 Å². The van der Waals surface area contributed by atoms with Gasteiger partial charge in [-0.05, 0) is 48.2 Å². The van der Waals surface area contributed by atoms with Crippen LogP contribution in [0.5, 0.6) is 0 Å². The SMILES string of the molecule is Cn1cnnc1Sc1ccc(Sc2ccc(F)cc2)c(C(=O)Nc2ncc(CC(=O)O)s2)n1. The minimum absolute atomic E-state index is 0.145. The Morgan fingerprint density at radius 3 is 2.67 bits per heavy atom. The summed E-state index contributed by atoms with van der Waals surface area (Å²) in [6.07, 6.45) is 2.80. The first-order valence-electron chi connectivity index (χ1n) is 9.31. The number of carbonyl (C=O) groups excluding carboxylic acids is 1. The lowest BCUT2D eigenvalue weighted by molar-refractivity contribution is -0.136. The summed E-state index contributed by atoms with van der Waals surface area (Å²) in [5.74, 6) is -1.84. The molecule has 33 heavy (non-hydrogen) atoms. The van der Waals surface area contributed by atoms with Gasteiger partial charge in [0.05, 0.1) is 6.42 Å². The Bertz CT molecular complexity index is 1310. The van der Waals surface area contributed by atoms with Crippen molar-refractivity contribution in [3.8, 4) is 0 Å². The Morgan fingerprint density at radius 2 is 1.97 bits per heavy atom. The average Bonchev–Trinajstić information content (AvgIpc) is 3.38. The minimum Gasteiger partial charge on any atom is -0.481 e. The highest BCUT2D eigenvalue weighted by atomic mass is 32.2. The van der Waals surface area contributed by atoms with Gasteiger partial charge < -0.3 is 9.67 Å². The van der Waals surface area contributed by atoms with Crippen molar-refractivity contribution < 1.29 is 19.1 Å². The monoisotopic (exact) mass is 502 g/mol. The van der Waals surface area contributed by atoms with E-state index in [1.165, 1.54) is 41.9 Å². The number of aryl methyl sites for hydroxylation is 1.